The molecule has 0 aliphatic carbocycles. The van der Waals surface area contributed by atoms with Gasteiger partial charge in [-0.1, -0.05) is 41.5 Å². The van der Waals surface area contributed by atoms with Gasteiger partial charge in [0.15, 0.2) is 11.6 Å². The Kier molecular flexibility index (Phi) is 27.4. The first-order valence-corrected chi connectivity index (χ1v) is 8.83. The Hall–Kier alpha value is -1.76. The van der Waals surface area contributed by atoms with Gasteiger partial charge in [-0.05, 0) is 26.7 Å². The Morgan fingerprint density at radius 2 is 1.17 bits per heavy atom. The molecule has 29 heavy (non-hydrogen) atoms. The SMILES string of the molecule is C/C(O)=C/C(=O)C(C)C.CC(=O)/C=C(\O)C(C)C.CC(=O)[CH-]C(=O)C(C)C.[Ir].[OH3+]. The monoisotopic (exact) mass is 595 g/mol. The summed E-state index contributed by atoms with van der Waals surface area (Å²) in [6, 6.07) is 0. The quantitative estimate of drug-likeness (QED) is 0.152. The number of carbonyl (C=O) groups is 4. The van der Waals surface area contributed by atoms with Crippen LogP contribution in [0.4, 0.5) is 0 Å². The van der Waals surface area contributed by atoms with Crippen molar-refractivity contribution < 1.29 is 55.0 Å². The van der Waals surface area contributed by atoms with E-state index in [0.29, 0.717) is 0 Å². The van der Waals surface area contributed by atoms with Crippen LogP contribution in [0, 0.1) is 24.2 Å². The minimum atomic E-state index is -0.172. The number of carbonyl (C=O) groups excluding carboxylic acids is 4. The molecule has 0 amide bonds. The van der Waals surface area contributed by atoms with Crippen molar-refractivity contribution in [3.8, 4) is 0 Å². The first-order chi connectivity index (χ1) is 12.1. The Morgan fingerprint density at radius 3 is 1.28 bits per heavy atom. The molecule has 5 N–H and O–H groups in total. The maximum Gasteiger partial charge on any atom is 0.161 e. The molecule has 0 aromatic heterocycles. The van der Waals surface area contributed by atoms with Gasteiger partial charge < -0.3 is 25.3 Å². The van der Waals surface area contributed by atoms with Crippen LogP contribution in [0.25, 0.3) is 0 Å². The van der Waals surface area contributed by atoms with Crippen LogP contribution in [-0.4, -0.2) is 33.3 Å². The topological polar surface area (TPSA) is 142 Å². The second-order valence-corrected chi connectivity index (χ2v) is 6.99. The van der Waals surface area contributed by atoms with Gasteiger partial charge in [0, 0.05) is 55.7 Å². The molecule has 0 bridgehead atoms. The third-order valence-electron chi connectivity index (χ3n) is 2.78. The Labute approximate surface area is 188 Å². The van der Waals surface area contributed by atoms with Crippen LogP contribution in [-0.2, 0) is 44.8 Å². The van der Waals surface area contributed by atoms with Gasteiger partial charge in [0.05, 0.1) is 11.5 Å². The summed E-state index contributed by atoms with van der Waals surface area (Å²) in [7, 11) is 0. The maximum atomic E-state index is 10.7. The van der Waals surface area contributed by atoms with E-state index in [1.54, 1.807) is 27.7 Å². The molecule has 1 radical (unpaired) electrons. The van der Waals surface area contributed by atoms with Crippen molar-refractivity contribution in [1.82, 2.24) is 0 Å². The van der Waals surface area contributed by atoms with Gasteiger partial charge in [-0.25, -0.2) is 0 Å². The maximum absolute atomic E-state index is 10.7. The van der Waals surface area contributed by atoms with E-state index in [-0.39, 0.29) is 78.0 Å². The van der Waals surface area contributed by atoms with Crippen molar-refractivity contribution in [1.29, 1.82) is 0 Å². The van der Waals surface area contributed by atoms with Gasteiger partial charge in [0.25, 0.3) is 0 Å². The van der Waals surface area contributed by atoms with Crippen molar-refractivity contribution in [2.45, 2.75) is 62.3 Å². The van der Waals surface area contributed by atoms with Gasteiger partial charge >= 0.3 is 0 Å². The third-order valence-corrected chi connectivity index (χ3v) is 2.78. The molecule has 173 valence electrons. The van der Waals surface area contributed by atoms with Crippen LogP contribution in [0.1, 0.15) is 62.3 Å². The van der Waals surface area contributed by atoms with Gasteiger partial charge in [0.2, 0.25) is 0 Å². The summed E-state index contributed by atoms with van der Waals surface area (Å²) in [5.74, 6) is -0.210. The fourth-order valence-corrected chi connectivity index (χ4v) is 1.11. The van der Waals surface area contributed by atoms with Gasteiger partial charge in [-0.3, -0.25) is 16.0 Å². The van der Waals surface area contributed by atoms with Crippen molar-refractivity contribution in [3.63, 3.8) is 0 Å². The molecule has 0 atom stereocenters. The zero-order chi connectivity index (χ0) is 22.3. The average molecular weight is 595 g/mol. The van der Waals surface area contributed by atoms with Gasteiger partial charge in [-0.15, -0.1) is 0 Å². The van der Waals surface area contributed by atoms with E-state index < -0.39 is 0 Å². The number of ketones is 4. The van der Waals surface area contributed by atoms with E-state index in [1.807, 2.05) is 13.8 Å². The van der Waals surface area contributed by atoms with E-state index in [4.69, 9.17) is 10.2 Å². The van der Waals surface area contributed by atoms with Crippen LogP contribution in [0.3, 0.4) is 0 Å². The Bertz CT molecular complexity index is 555. The average Bonchev–Trinajstić information content (AvgIpc) is 2.46. The molecule has 0 unspecified atom stereocenters. The van der Waals surface area contributed by atoms with Crippen molar-refractivity contribution >= 4 is 23.1 Å². The van der Waals surface area contributed by atoms with Crippen molar-refractivity contribution in [3.05, 3.63) is 30.1 Å². The summed E-state index contributed by atoms with van der Waals surface area (Å²) in [4.78, 5) is 42.0. The molecule has 0 heterocycles. The minimum Gasteiger partial charge on any atom is -0.512 e. The van der Waals surface area contributed by atoms with E-state index in [2.05, 4.69) is 0 Å². The second kappa shape index (κ2) is 21.0. The molecule has 0 saturated carbocycles. The molecule has 0 rings (SSSR count). The van der Waals surface area contributed by atoms with Crippen LogP contribution >= 0.6 is 0 Å². The normalized spacial score (nSPS) is 10.5. The van der Waals surface area contributed by atoms with Crippen LogP contribution in [0.5, 0.6) is 0 Å². The molecule has 0 aromatic carbocycles. The predicted octanol–water partition coefficient (Wildman–Crippen LogP) is 3.43. The molecule has 7 nitrogen and oxygen atoms in total. The first-order valence-electron chi connectivity index (χ1n) is 8.83. The predicted molar refractivity (Wildman–Crippen MR) is 112 cm³/mol. The minimum absolute atomic E-state index is 0. The number of hydrogen-bond acceptors (Lipinski definition) is 6. The molecule has 8 heteroatoms. The van der Waals surface area contributed by atoms with Gasteiger partial charge in [-0.2, -0.15) is 0 Å². The number of aliphatic hydroxyl groups excluding tert-OH is 2. The Balaban J connectivity index is -0.0000000960. The standard InChI is InChI=1S/2C7H12O2.C7H11O2.Ir.H2O/c3*1-5(2)7(9)4-6(3)8;;/h4-5,9H,1-3H3;4-5,8H,1-3H3;4-5H,1-3H3;;1H2/q;;-1;;/p+1/b7-4-;6-4-;;;. The van der Waals surface area contributed by atoms with Crippen LogP contribution < -0.4 is 0 Å². The summed E-state index contributed by atoms with van der Waals surface area (Å²) in [5.41, 5.74) is 0. The van der Waals surface area contributed by atoms with Crippen molar-refractivity contribution in [2.75, 3.05) is 0 Å². The van der Waals surface area contributed by atoms with E-state index >= 15 is 0 Å². The van der Waals surface area contributed by atoms with Crippen LogP contribution in [0.15, 0.2) is 23.7 Å². The Morgan fingerprint density at radius 1 is 0.759 bits per heavy atom. The summed E-state index contributed by atoms with van der Waals surface area (Å²) < 4.78 is 0. The molecule has 0 fully saturated rings. The zero-order valence-corrected chi connectivity index (χ0v) is 21.3. The summed E-state index contributed by atoms with van der Waals surface area (Å²) in [5, 5.41) is 17.5. The largest absolute Gasteiger partial charge is 0.512 e. The number of Topliss-reactive ketones (excluding diaryl/α,β-unsaturated/α-hetero) is 2. The fraction of sp³-hybridized carbons (Fsp3) is 0.571. The molecule has 0 aliphatic heterocycles. The summed E-state index contributed by atoms with van der Waals surface area (Å²) in [6.07, 6.45) is 3.61. The molecular formula is C21H38IrO7. The van der Waals surface area contributed by atoms with E-state index in [9.17, 15) is 19.2 Å². The van der Waals surface area contributed by atoms with Crippen LogP contribution in [0.2, 0.25) is 0 Å². The van der Waals surface area contributed by atoms with Gasteiger partial charge in [0.1, 0.15) is 0 Å². The molecule has 0 aliphatic rings. The number of aliphatic hydroxyl groups is 2. The second-order valence-electron chi connectivity index (χ2n) is 6.99. The van der Waals surface area contributed by atoms with E-state index in [0.717, 1.165) is 6.42 Å². The molecular weight excluding hydrogens is 556 g/mol. The van der Waals surface area contributed by atoms with E-state index in [1.165, 1.54) is 32.9 Å². The first kappa shape index (κ1) is 37.9. The summed E-state index contributed by atoms with van der Waals surface area (Å²) >= 11 is 0. The molecule has 0 saturated heterocycles. The number of rotatable bonds is 7. The fourth-order valence-electron chi connectivity index (χ4n) is 1.11. The molecule has 0 spiro atoms. The summed E-state index contributed by atoms with van der Waals surface area (Å²) in [6.45, 7) is 15.1. The number of hydrogen-bond donors (Lipinski definition) is 2. The molecule has 0 aromatic rings. The van der Waals surface area contributed by atoms with Crippen molar-refractivity contribution in [2.24, 2.45) is 17.8 Å². The third kappa shape index (κ3) is 31.2. The number of allylic oxidation sites excluding steroid dienone is 4. The smallest absolute Gasteiger partial charge is 0.161 e. The zero-order valence-electron chi connectivity index (χ0n) is 18.9.